The molecule has 38 heavy (non-hydrogen) atoms. The summed E-state index contributed by atoms with van der Waals surface area (Å²) < 4.78 is 2.33. The third kappa shape index (κ3) is 3.83. The van der Waals surface area contributed by atoms with Gasteiger partial charge in [-0.3, -0.25) is 0 Å². The molecule has 5 aromatic carbocycles. The highest BCUT2D eigenvalue weighted by Gasteiger charge is 2.17. The molecule has 0 aliphatic carbocycles. The number of halogens is 1. The van der Waals surface area contributed by atoms with Gasteiger partial charge in [-0.1, -0.05) is 109 Å². The quantitative estimate of drug-likeness (QED) is 0.239. The van der Waals surface area contributed by atoms with Crippen molar-refractivity contribution in [3.63, 3.8) is 0 Å². The Bertz CT molecular complexity index is 1930. The van der Waals surface area contributed by atoms with Crippen molar-refractivity contribution in [3.8, 4) is 39.6 Å². The smallest absolute Gasteiger partial charge is 0.226 e. The van der Waals surface area contributed by atoms with Crippen LogP contribution in [-0.2, 0) is 0 Å². The van der Waals surface area contributed by atoms with Gasteiger partial charge in [-0.05, 0) is 35.4 Å². The van der Waals surface area contributed by atoms with Crippen LogP contribution in [0, 0.1) is 0 Å². The highest BCUT2D eigenvalue weighted by atomic mass is 35.5. The van der Waals surface area contributed by atoms with Crippen molar-refractivity contribution < 1.29 is 0 Å². The van der Waals surface area contributed by atoms with Gasteiger partial charge in [0.1, 0.15) is 0 Å². The molecule has 0 N–H and O–H groups in total. The van der Waals surface area contributed by atoms with Gasteiger partial charge in [0.05, 0.1) is 16.7 Å². The first-order valence-corrected chi connectivity index (χ1v) is 12.8. The average molecular weight is 509 g/mol. The monoisotopic (exact) mass is 508 g/mol. The van der Waals surface area contributed by atoms with Crippen LogP contribution in [0.1, 0.15) is 0 Å². The van der Waals surface area contributed by atoms with Crippen molar-refractivity contribution in [1.29, 1.82) is 0 Å². The Labute approximate surface area is 224 Å². The molecule has 0 saturated heterocycles. The summed E-state index contributed by atoms with van der Waals surface area (Å²) in [4.78, 5) is 13.7. The predicted molar refractivity (Wildman–Crippen MR) is 155 cm³/mol. The lowest BCUT2D eigenvalue weighted by Gasteiger charge is -2.14. The van der Waals surface area contributed by atoms with Crippen LogP contribution in [0.15, 0.2) is 127 Å². The lowest BCUT2D eigenvalue weighted by atomic mass is 10.0. The molecule has 180 valence electrons. The fourth-order valence-corrected chi connectivity index (χ4v) is 5.26. The first-order chi connectivity index (χ1) is 18.8. The number of fused-ring (bicyclic) bond motifs is 3. The van der Waals surface area contributed by atoms with E-state index in [2.05, 4.69) is 106 Å². The number of hydrogen-bond acceptors (Lipinski definition) is 3. The second-order valence-corrected chi connectivity index (χ2v) is 9.42. The number of rotatable bonds is 4. The molecule has 5 heteroatoms. The molecule has 0 radical (unpaired) electrons. The number of aromatic nitrogens is 4. The van der Waals surface area contributed by atoms with E-state index in [-0.39, 0.29) is 5.28 Å². The van der Waals surface area contributed by atoms with E-state index in [0.29, 0.717) is 11.6 Å². The molecule has 0 aliphatic heterocycles. The lowest BCUT2D eigenvalue weighted by molar-refractivity contribution is 1.07. The van der Waals surface area contributed by atoms with E-state index in [9.17, 15) is 0 Å². The molecule has 0 unspecified atom stereocenters. The van der Waals surface area contributed by atoms with E-state index in [4.69, 9.17) is 16.6 Å². The van der Waals surface area contributed by atoms with E-state index in [0.717, 1.165) is 38.8 Å². The van der Waals surface area contributed by atoms with Crippen molar-refractivity contribution in [2.45, 2.75) is 0 Å². The van der Waals surface area contributed by atoms with Crippen LogP contribution >= 0.6 is 11.6 Å². The lowest BCUT2D eigenvalue weighted by Crippen LogP contribution is -1.99. The van der Waals surface area contributed by atoms with Crippen molar-refractivity contribution in [2.75, 3.05) is 0 Å². The van der Waals surface area contributed by atoms with Gasteiger partial charge in [-0.15, -0.1) is 0 Å². The Morgan fingerprint density at radius 2 is 1.08 bits per heavy atom. The van der Waals surface area contributed by atoms with Crippen LogP contribution in [0.5, 0.6) is 0 Å². The molecule has 0 saturated carbocycles. The van der Waals surface area contributed by atoms with E-state index in [1.807, 2.05) is 36.4 Å². The maximum Gasteiger partial charge on any atom is 0.226 e. The van der Waals surface area contributed by atoms with Gasteiger partial charge in [-0.25, -0.2) is 4.98 Å². The molecule has 2 aromatic heterocycles. The standard InChI is InChI=1S/C33H21ClN4/c34-33-36-31(23-13-5-2-6-14-23)35-32(37-33)24-19-20-27-26-16-8-10-18-29(26)38(30(27)21-24)28-17-9-7-15-25(28)22-11-3-1-4-12-22/h1-21H. The number of para-hydroxylation sites is 2. The molecule has 7 rings (SSSR count). The van der Waals surface area contributed by atoms with Gasteiger partial charge in [0.25, 0.3) is 0 Å². The van der Waals surface area contributed by atoms with Gasteiger partial charge in [-0.2, -0.15) is 9.97 Å². The highest BCUT2D eigenvalue weighted by Crippen LogP contribution is 2.37. The first-order valence-electron chi connectivity index (χ1n) is 12.4. The number of nitrogens with zero attached hydrogens (tertiary/aromatic N) is 4. The summed E-state index contributed by atoms with van der Waals surface area (Å²) in [6.45, 7) is 0. The van der Waals surface area contributed by atoms with E-state index < -0.39 is 0 Å². The third-order valence-electron chi connectivity index (χ3n) is 6.80. The Balaban J connectivity index is 1.49. The van der Waals surface area contributed by atoms with Gasteiger partial charge in [0.15, 0.2) is 11.6 Å². The zero-order valence-corrected chi connectivity index (χ0v) is 21.0. The van der Waals surface area contributed by atoms with Crippen molar-refractivity contribution in [3.05, 3.63) is 133 Å². The summed E-state index contributed by atoms with van der Waals surface area (Å²) in [5.74, 6) is 1.09. The Kier molecular flexibility index (Phi) is 5.46. The molecule has 0 amide bonds. The van der Waals surface area contributed by atoms with Crippen molar-refractivity contribution in [1.82, 2.24) is 19.5 Å². The fraction of sp³-hybridized carbons (Fsp3) is 0. The normalized spacial score (nSPS) is 11.3. The minimum Gasteiger partial charge on any atom is -0.309 e. The van der Waals surface area contributed by atoms with Crippen LogP contribution in [0.3, 0.4) is 0 Å². The minimum atomic E-state index is 0.170. The van der Waals surface area contributed by atoms with Gasteiger partial charge in [0.2, 0.25) is 5.28 Å². The van der Waals surface area contributed by atoms with Gasteiger partial charge in [0, 0.05) is 27.5 Å². The van der Waals surface area contributed by atoms with Crippen LogP contribution in [0.25, 0.3) is 61.4 Å². The Morgan fingerprint density at radius 1 is 0.474 bits per heavy atom. The fourth-order valence-electron chi connectivity index (χ4n) is 5.10. The average Bonchev–Trinajstić information content (AvgIpc) is 3.31. The molecule has 0 fully saturated rings. The Hall–Kier alpha value is -4.80. The summed E-state index contributed by atoms with van der Waals surface area (Å²) in [6.07, 6.45) is 0. The maximum atomic E-state index is 6.38. The van der Waals surface area contributed by atoms with Crippen molar-refractivity contribution in [2.24, 2.45) is 0 Å². The second kappa shape index (κ2) is 9.25. The van der Waals surface area contributed by atoms with Crippen LogP contribution < -0.4 is 0 Å². The molecule has 0 spiro atoms. The van der Waals surface area contributed by atoms with E-state index in [1.54, 1.807) is 0 Å². The SMILES string of the molecule is Clc1nc(-c2ccccc2)nc(-c2ccc3c4ccccc4n(-c4ccccc4-c4ccccc4)c3c2)n1. The minimum absolute atomic E-state index is 0.170. The largest absolute Gasteiger partial charge is 0.309 e. The van der Waals surface area contributed by atoms with E-state index >= 15 is 0 Å². The van der Waals surface area contributed by atoms with Gasteiger partial charge >= 0.3 is 0 Å². The summed E-state index contributed by atoms with van der Waals surface area (Å²) in [5.41, 5.74) is 7.43. The molecule has 0 bridgehead atoms. The molecule has 7 aromatic rings. The molecular weight excluding hydrogens is 488 g/mol. The van der Waals surface area contributed by atoms with Crippen LogP contribution in [-0.4, -0.2) is 19.5 Å². The number of hydrogen-bond donors (Lipinski definition) is 0. The van der Waals surface area contributed by atoms with Gasteiger partial charge < -0.3 is 4.57 Å². The van der Waals surface area contributed by atoms with Crippen LogP contribution in [0.2, 0.25) is 5.28 Å². The first kappa shape index (κ1) is 22.4. The molecule has 4 nitrogen and oxygen atoms in total. The van der Waals surface area contributed by atoms with E-state index in [1.165, 1.54) is 10.9 Å². The summed E-state index contributed by atoms with van der Waals surface area (Å²) in [6, 6.07) is 43.7. The topological polar surface area (TPSA) is 43.6 Å². The zero-order chi connectivity index (χ0) is 25.5. The predicted octanol–water partition coefficient (Wildman–Crippen LogP) is 8.62. The molecule has 0 aliphatic rings. The van der Waals surface area contributed by atoms with Crippen LogP contribution in [0.4, 0.5) is 0 Å². The number of benzene rings is 5. The second-order valence-electron chi connectivity index (χ2n) is 9.09. The zero-order valence-electron chi connectivity index (χ0n) is 20.3. The van der Waals surface area contributed by atoms with Crippen molar-refractivity contribution >= 4 is 33.4 Å². The maximum absolute atomic E-state index is 6.38. The molecule has 2 heterocycles. The Morgan fingerprint density at radius 3 is 1.87 bits per heavy atom. The summed E-state index contributed by atoms with van der Waals surface area (Å²) in [7, 11) is 0. The highest BCUT2D eigenvalue weighted by molar-refractivity contribution is 6.28. The summed E-state index contributed by atoms with van der Waals surface area (Å²) in [5, 5.41) is 2.52. The molecular formula is C33H21ClN4. The molecule has 0 atom stereocenters. The third-order valence-corrected chi connectivity index (χ3v) is 6.97. The summed E-state index contributed by atoms with van der Waals surface area (Å²) >= 11 is 6.38.